The third-order valence-electron chi connectivity index (χ3n) is 2.47. The average molecular weight is 296 g/mol. The second-order valence-corrected chi connectivity index (χ2v) is 5.95. The number of aromatic amines is 1. The molecular formula is C12H12N2O3S2. The Balaban J connectivity index is 2.15. The van der Waals surface area contributed by atoms with Gasteiger partial charge in [-0.05, 0) is 24.8 Å². The Morgan fingerprint density at radius 3 is 3.00 bits per heavy atom. The van der Waals surface area contributed by atoms with Crippen molar-refractivity contribution in [2.24, 2.45) is 0 Å². The van der Waals surface area contributed by atoms with Crippen LogP contribution in [0, 0.1) is 6.92 Å². The first-order valence-corrected chi connectivity index (χ1v) is 7.44. The summed E-state index contributed by atoms with van der Waals surface area (Å²) in [4.78, 5) is 29.9. The molecule has 5 nitrogen and oxygen atoms in total. The minimum atomic E-state index is -1.07. The Labute approximate surface area is 117 Å². The van der Waals surface area contributed by atoms with Crippen LogP contribution in [0.4, 0.5) is 0 Å². The molecule has 0 saturated carbocycles. The molecule has 0 saturated heterocycles. The minimum absolute atomic E-state index is 0.0794. The molecule has 0 atom stereocenters. The highest BCUT2D eigenvalue weighted by Gasteiger charge is 2.16. The van der Waals surface area contributed by atoms with Crippen molar-refractivity contribution < 1.29 is 9.90 Å². The van der Waals surface area contributed by atoms with Crippen LogP contribution in [0.25, 0.3) is 0 Å². The van der Waals surface area contributed by atoms with E-state index in [1.165, 1.54) is 16.6 Å². The molecule has 0 fully saturated rings. The van der Waals surface area contributed by atoms with E-state index in [9.17, 15) is 9.59 Å². The molecule has 2 N–H and O–H groups in total. The number of nitrogens with one attached hydrogen (secondary N) is 1. The van der Waals surface area contributed by atoms with Crippen molar-refractivity contribution >= 4 is 29.1 Å². The van der Waals surface area contributed by atoms with Crippen LogP contribution in [-0.2, 0) is 6.42 Å². The van der Waals surface area contributed by atoms with Gasteiger partial charge in [0.05, 0.1) is 0 Å². The molecule has 0 aliphatic rings. The fourth-order valence-electron chi connectivity index (χ4n) is 1.62. The molecule has 0 bridgehead atoms. The lowest BCUT2D eigenvalue weighted by Gasteiger charge is -2.06. The molecule has 7 heteroatoms. The second-order valence-electron chi connectivity index (χ2n) is 3.83. The van der Waals surface area contributed by atoms with Crippen LogP contribution in [0.3, 0.4) is 0 Å². The smallest absolute Gasteiger partial charge is 0.346 e. The quantitative estimate of drug-likeness (QED) is 0.652. The van der Waals surface area contributed by atoms with Gasteiger partial charge < -0.3 is 10.1 Å². The number of hydrogen-bond acceptors (Lipinski definition) is 5. The van der Waals surface area contributed by atoms with Gasteiger partial charge in [0, 0.05) is 16.3 Å². The monoisotopic (exact) mass is 296 g/mol. The Bertz CT molecular complexity index is 635. The van der Waals surface area contributed by atoms with Crippen molar-refractivity contribution in [3.63, 3.8) is 0 Å². The molecule has 0 aliphatic heterocycles. The first kappa shape index (κ1) is 13.8. The van der Waals surface area contributed by atoms with E-state index in [2.05, 4.69) is 9.97 Å². The van der Waals surface area contributed by atoms with Gasteiger partial charge in [-0.2, -0.15) is 4.98 Å². The van der Waals surface area contributed by atoms with Crippen molar-refractivity contribution in [1.82, 2.24) is 9.97 Å². The number of H-pyrrole nitrogens is 1. The molecule has 2 aromatic rings. The van der Waals surface area contributed by atoms with E-state index in [-0.39, 0.29) is 10.6 Å². The number of carbonyl (C=O) groups is 1. The predicted molar refractivity (Wildman–Crippen MR) is 75.3 cm³/mol. The normalized spacial score (nSPS) is 10.6. The first-order chi connectivity index (χ1) is 9.08. The van der Waals surface area contributed by atoms with Crippen LogP contribution in [0.15, 0.2) is 27.3 Å². The summed E-state index contributed by atoms with van der Waals surface area (Å²) in [6.45, 7) is 1.57. The topological polar surface area (TPSA) is 83.0 Å². The van der Waals surface area contributed by atoms with E-state index in [1.807, 2.05) is 17.5 Å². The number of nitrogens with zero attached hydrogens (tertiary/aromatic N) is 1. The second kappa shape index (κ2) is 6.03. The van der Waals surface area contributed by atoms with E-state index in [0.717, 1.165) is 6.42 Å². The van der Waals surface area contributed by atoms with Gasteiger partial charge in [-0.1, -0.05) is 6.07 Å². The van der Waals surface area contributed by atoms with Gasteiger partial charge >= 0.3 is 11.7 Å². The van der Waals surface area contributed by atoms with E-state index in [4.69, 9.17) is 5.11 Å². The summed E-state index contributed by atoms with van der Waals surface area (Å²) in [5, 5.41) is 11.4. The minimum Gasteiger partial charge on any atom is -0.478 e. The maximum Gasteiger partial charge on any atom is 0.346 e. The molecule has 0 aromatic carbocycles. The Hall–Kier alpha value is -1.60. The molecule has 0 amide bonds. The van der Waals surface area contributed by atoms with Crippen molar-refractivity contribution in [2.45, 2.75) is 18.4 Å². The first-order valence-electron chi connectivity index (χ1n) is 5.57. The summed E-state index contributed by atoms with van der Waals surface area (Å²) >= 11 is 2.95. The maximum absolute atomic E-state index is 11.3. The van der Waals surface area contributed by atoms with E-state index in [0.29, 0.717) is 11.4 Å². The molecular weight excluding hydrogens is 284 g/mol. The number of carboxylic acids is 1. The van der Waals surface area contributed by atoms with Gasteiger partial charge in [-0.25, -0.2) is 9.59 Å². The van der Waals surface area contributed by atoms with Crippen LogP contribution < -0.4 is 5.69 Å². The van der Waals surface area contributed by atoms with Gasteiger partial charge in [0.1, 0.15) is 10.6 Å². The maximum atomic E-state index is 11.3. The highest BCUT2D eigenvalue weighted by atomic mass is 32.2. The number of aromatic carboxylic acids is 1. The Morgan fingerprint density at radius 2 is 2.37 bits per heavy atom. The fourth-order valence-corrected chi connectivity index (χ4v) is 3.50. The fraction of sp³-hybridized carbons (Fsp3) is 0.250. The number of carboxylic acid groups (broad SMARTS) is 1. The molecule has 0 unspecified atom stereocenters. The van der Waals surface area contributed by atoms with Gasteiger partial charge in [0.25, 0.3) is 0 Å². The molecule has 2 rings (SSSR count). The van der Waals surface area contributed by atoms with Crippen molar-refractivity contribution in [1.29, 1.82) is 0 Å². The van der Waals surface area contributed by atoms with Crippen LogP contribution in [0.2, 0.25) is 0 Å². The van der Waals surface area contributed by atoms with Gasteiger partial charge in [0.2, 0.25) is 0 Å². The number of rotatable bonds is 5. The van der Waals surface area contributed by atoms with Crippen LogP contribution in [-0.4, -0.2) is 26.8 Å². The zero-order valence-electron chi connectivity index (χ0n) is 10.2. The lowest BCUT2D eigenvalue weighted by molar-refractivity contribution is 0.0690. The van der Waals surface area contributed by atoms with Crippen LogP contribution >= 0.6 is 23.1 Å². The number of thiophene rings is 1. The van der Waals surface area contributed by atoms with Gasteiger partial charge in [-0.15, -0.1) is 23.1 Å². The largest absolute Gasteiger partial charge is 0.478 e. The summed E-state index contributed by atoms with van der Waals surface area (Å²) in [7, 11) is 0. The highest BCUT2D eigenvalue weighted by molar-refractivity contribution is 7.99. The summed E-state index contributed by atoms with van der Waals surface area (Å²) < 4.78 is 0. The molecule has 0 spiro atoms. The molecule has 0 aliphatic carbocycles. The summed E-state index contributed by atoms with van der Waals surface area (Å²) in [5.41, 5.74) is -0.0944. The number of aromatic nitrogens is 2. The van der Waals surface area contributed by atoms with E-state index >= 15 is 0 Å². The van der Waals surface area contributed by atoms with E-state index < -0.39 is 11.7 Å². The van der Waals surface area contributed by atoms with Gasteiger partial charge in [0.15, 0.2) is 0 Å². The SMILES string of the molecule is Cc1[nH]c(=O)nc(SCCc2cccs2)c1C(=O)O. The zero-order valence-corrected chi connectivity index (χ0v) is 11.8. The Kier molecular flexibility index (Phi) is 4.39. The lowest BCUT2D eigenvalue weighted by atomic mass is 10.2. The molecule has 19 heavy (non-hydrogen) atoms. The summed E-state index contributed by atoms with van der Waals surface area (Å²) in [6, 6.07) is 4.00. The number of aryl methyl sites for hydroxylation is 2. The lowest BCUT2D eigenvalue weighted by Crippen LogP contribution is -2.18. The average Bonchev–Trinajstić information content (AvgIpc) is 2.80. The zero-order chi connectivity index (χ0) is 13.8. The number of thioether (sulfide) groups is 1. The van der Waals surface area contributed by atoms with Crippen molar-refractivity contribution in [2.75, 3.05) is 5.75 Å². The van der Waals surface area contributed by atoms with Crippen molar-refractivity contribution in [3.05, 3.63) is 44.1 Å². The van der Waals surface area contributed by atoms with E-state index in [1.54, 1.807) is 18.3 Å². The molecule has 100 valence electrons. The highest BCUT2D eigenvalue weighted by Crippen LogP contribution is 2.22. The van der Waals surface area contributed by atoms with Crippen LogP contribution in [0.1, 0.15) is 20.9 Å². The van der Waals surface area contributed by atoms with Gasteiger partial charge in [-0.3, -0.25) is 0 Å². The van der Waals surface area contributed by atoms with Crippen LogP contribution in [0.5, 0.6) is 0 Å². The molecule has 0 radical (unpaired) electrons. The summed E-state index contributed by atoms with van der Waals surface area (Å²) in [5.74, 6) is -0.378. The van der Waals surface area contributed by atoms with Crippen molar-refractivity contribution in [3.8, 4) is 0 Å². The standard InChI is InChI=1S/C12H12N2O3S2/c1-7-9(11(15)16)10(14-12(17)13-7)19-6-4-8-3-2-5-18-8/h2-3,5H,4,6H2,1H3,(H,15,16)(H,13,14,17). The molecule has 2 aromatic heterocycles. The number of hydrogen-bond donors (Lipinski definition) is 2. The third-order valence-corrected chi connectivity index (χ3v) is 4.38. The predicted octanol–water partition coefficient (Wildman–Crippen LogP) is 2.17. The summed E-state index contributed by atoms with van der Waals surface area (Å²) in [6.07, 6.45) is 0.828. The molecule has 2 heterocycles. The third kappa shape index (κ3) is 3.45. The Morgan fingerprint density at radius 1 is 1.58 bits per heavy atom.